The van der Waals surface area contributed by atoms with Crippen LogP contribution < -0.4 is 0 Å². The Labute approximate surface area is 93.3 Å². The number of aliphatic hydroxyl groups is 1. The molecule has 5 heteroatoms. The first kappa shape index (κ1) is 12.1. The number of ether oxygens (including phenoxy) is 1. The molecular formula is C11H12N2O3. The first-order valence-corrected chi connectivity index (χ1v) is 4.86. The standard InChI is InChI=1S/C11H12N2O3/c1-2-16-11(15)10(14)8(7-12)9-5-3-4-6-13-9/h3-6,8,10,14H,2H2,1H3. The van der Waals surface area contributed by atoms with Crippen LogP contribution in [0.4, 0.5) is 0 Å². The van der Waals surface area contributed by atoms with Gasteiger partial charge in [0.2, 0.25) is 0 Å². The highest BCUT2D eigenvalue weighted by molar-refractivity contribution is 5.76. The Morgan fingerprint density at radius 1 is 1.69 bits per heavy atom. The molecule has 0 saturated heterocycles. The van der Waals surface area contributed by atoms with Crippen molar-refractivity contribution in [2.24, 2.45) is 0 Å². The Bertz CT molecular complexity index is 386. The van der Waals surface area contributed by atoms with Crippen LogP contribution in [0.2, 0.25) is 0 Å². The molecule has 1 N–H and O–H groups in total. The largest absolute Gasteiger partial charge is 0.464 e. The predicted octanol–water partition coefficient (Wildman–Crippen LogP) is 0.613. The SMILES string of the molecule is CCOC(=O)C(O)C(C#N)c1ccccn1. The molecule has 0 aliphatic rings. The van der Waals surface area contributed by atoms with Crippen molar-refractivity contribution in [3.05, 3.63) is 30.1 Å². The van der Waals surface area contributed by atoms with E-state index in [1.165, 1.54) is 6.20 Å². The quantitative estimate of drug-likeness (QED) is 0.752. The summed E-state index contributed by atoms with van der Waals surface area (Å²) in [4.78, 5) is 15.2. The summed E-state index contributed by atoms with van der Waals surface area (Å²) in [6, 6.07) is 6.80. The van der Waals surface area contributed by atoms with Crippen LogP contribution in [0.5, 0.6) is 0 Å². The third-order valence-corrected chi connectivity index (χ3v) is 1.99. The van der Waals surface area contributed by atoms with Gasteiger partial charge in [0.25, 0.3) is 0 Å². The summed E-state index contributed by atoms with van der Waals surface area (Å²) in [6.45, 7) is 1.79. The number of carbonyl (C=O) groups is 1. The lowest BCUT2D eigenvalue weighted by molar-refractivity contribution is -0.153. The van der Waals surface area contributed by atoms with Gasteiger partial charge in [0.15, 0.2) is 6.10 Å². The van der Waals surface area contributed by atoms with Crippen LogP contribution in [0.15, 0.2) is 24.4 Å². The number of esters is 1. The number of aliphatic hydroxyl groups excluding tert-OH is 1. The van der Waals surface area contributed by atoms with Gasteiger partial charge in [-0.05, 0) is 19.1 Å². The molecule has 0 saturated carbocycles. The molecule has 2 atom stereocenters. The van der Waals surface area contributed by atoms with Crippen LogP contribution in [-0.2, 0) is 9.53 Å². The van der Waals surface area contributed by atoms with Crippen LogP contribution in [0.25, 0.3) is 0 Å². The fourth-order valence-corrected chi connectivity index (χ4v) is 1.22. The van der Waals surface area contributed by atoms with Gasteiger partial charge in [0, 0.05) is 6.20 Å². The molecule has 1 heterocycles. The molecule has 1 rings (SSSR count). The zero-order valence-electron chi connectivity index (χ0n) is 8.83. The number of nitrogens with zero attached hydrogens (tertiary/aromatic N) is 2. The first-order chi connectivity index (χ1) is 7.70. The number of carbonyl (C=O) groups excluding carboxylic acids is 1. The average Bonchev–Trinajstić information content (AvgIpc) is 2.31. The third kappa shape index (κ3) is 2.78. The van der Waals surface area contributed by atoms with Gasteiger partial charge < -0.3 is 9.84 Å². The van der Waals surface area contributed by atoms with E-state index >= 15 is 0 Å². The lowest BCUT2D eigenvalue weighted by Gasteiger charge is -2.14. The lowest BCUT2D eigenvalue weighted by atomic mass is 10.00. The van der Waals surface area contributed by atoms with Gasteiger partial charge in [-0.25, -0.2) is 4.79 Å². The zero-order valence-corrected chi connectivity index (χ0v) is 8.83. The van der Waals surface area contributed by atoms with Crippen molar-refractivity contribution >= 4 is 5.97 Å². The molecule has 0 bridgehead atoms. The number of pyridine rings is 1. The van der Waals surface area contributed by atoms with Crippen molar-refractivity contribution in [3.8, 4) is 6.07 Å². The highest BCUT2D eigenvalue weighted by atomic mass is 16.5. The minimum absolute atomic E-state index is 0.163. The van der Waals surface area contributed by atoms with E-state index in [-0.39, 0.29) is 6.61 Å². The Kier molecular flexibility index (Phi) is 4.42. The maximum atomic E-state index is 11.3. The molecule has 2 unspecified atom stereocenters. The van der Waals surface area contributed by atoms with E-state index in [4.69, 9.17) is 5.26 Å². The van der Waals surface area contributed by atoms with Gasteiger partial charge in [0.1, 0.15) is 5.92 Å². The van der Waals surface area contributed by atoms with E-state index in [2.05, 4.69) is 9.72 Å². The zero-order chi connectivity index (χ0) is 12.0. The van der Waals surface area contributed by atoms with Crippen molar-refractivity contribution < 1.29 is 14.6 Å². The molecule has 0 fully saturated rings. The Morgan fingerprint density at radius 3 is 2.94 bits per heavy atom. The molecule has 5 nitrogen and oxygen atoms in total. The topological polar surface area (TPSA) is 83.2 Å². The normalized spacial score (nSPS) is 13.6. The Balaban J connectivity index is 2.84. The smallest absolute Gasteiger partial charge is 0.336 e. The number of hydrogen-bond acceptors (Lipinski definition) is 5. The van der Waals surface area contributed by atoms with Crippen LogP contribution in [0.3, 0.4) is 0 Å². The second-order valence-corrected chi connectivity index (χ2v) is 3.06. The summed E-state index contributed by atoms with van der Waals surface area (Å²) in [6.07, 6.45) is -0.00257. The molecule has 1 aromatic heterocycles. The fourth-order valence-electron chi connectivity index (χ4n) is 1.22. The second-order valence-electron chi connectivity index (χ2n) is 3.06. The number of rotatable bonds is 4. The summed E-state index contributed by atoms with van der Waals surface area (Å²) in [7, 11) is 0. The summed E-state index contributed by atoms with van der Waals surface area (Å²) in [5.74, 6) is -1.81. The highest BCUT2D eigenvalue weighted by Gasteiger charge is 2.29. The van der Waals surface area contributed by atoms with Crippen LogP contribution in [0, 0.1) is 11.3 Å². The lowest BCUT2D eigenvalue weighted by Crippen LogP contribution is -2.29. The maximum Gasteiger partial charge on any atom is 0.336 e. The van der Waals surface area contributed by atoms with E-state index in [0.29, 0.717) is 5.69 Å². The van der Waals surface area contributed by atoms with Gasteiger partial charge in [-0.3, -0.25) is 4.98 Å². The molecular weight excluding hydrogens is 208 g/mol. The average molecular weight is 220 g/mol. The third-order valence-electron chi connectivity index (χ3n) is 1.99. The van der Waals surface area contributed by atoms with E-state index in [9.17, 15) is 9.90 Å². The molecule has 84 valence electrons. The molecule has 0 aromatic carbocycles. The molecule has 0 amide bonds. The maximum absolute atomic E-state index is 11.3. The van der Waals surface area contributed by atoms with Crippen molar-refractivity contribution in [3.63, 3.8) is 0 Å². The van der Waals surface area contributed by atoms with E-state index in [1.54, 1.807) is 25.1 Å². The minimum Gasteiger partial charge on any atom is -0.464 e. The summed E-state index contributed by atoms with van der Waals surface area (Å²) < 4.78 is 4.64. The Morgan fingerprint density at radius 2 is 2.44 bits per heavy atom. The first-order valence-electron chi connectivity index (χ1n) is 4.86. The van der Waals surface area contributed by atoms with Crippen molar-refractivity contribution in [1.82, 2.24) is 4.98 Å². The molecule has 1 aromatic rings. The van der Waals surface area contributed by atoms with Crippen LogP contribution in [0.1, 0.15) is 18.5 Å². The number of nitriles is 1. The molecule has 0 spiro atoms. The monoisotopic (exact) mass is 220 g/mol. The molecule has 0 radical (unpaired) electrons. The van der Waals surface area contributed by atoms with Gasteiger partial charge in [0.05, 0.1) is 18.4 Å². The summed E-state index contributed by atoms with van der Waals surface area (Å²) in [5.41, 5.74) is 0.352. The summed E-state index contributed by atoms with van der Waals surface area (Å²) in [5, 5.41) is 18.5. The number of hydrogen-bond donors (Lipinski definition) is 1. The molecule has 0 aliphatic heterocycles. The summed E-state index contributed by atoms with van der Waals surface area (Å²) >= 11 is 0. The molecule has 16 heavy (non-hydrogen) atoms. The Hall–Kier alpha value is -1.93. The van der Waals surface area contributed by atoms with Gasteiger partial charge in [-0.1, -0.05) is 6.07 Å². The predicted molar refractivity (Wildman–Crippen MR) is 55.2 cm³/mol. The van der Waals surface area contributed by atoms with Crippen LogP contribution in [-0.4, -0.2) is 28.8 Å². The van der Waals surface area contributed by atoms with Crippen molar-refractivity contribution in [2.45, 2.75) is 18.9 Å². The second kappa shape index (κ2) is 5.83. The van der Waals surface area contributed by atoms with Crippen molar-refractivity contribution in [1.29, 1.82) is 5.26 Å². The van der Waals surface area contributed by atoms with E-state index in [0.717, 1.165) is 0 Å². The fraction of sp³-hybridized carbons (Fsp3) is 0.364. The van der Waals surface area contributed by atoms with Gasteiger partial charge >= 0.3 is 5.97 Å². The number of aromatic nitrogens is 1. The van der Waals surface area contributed by atoms with Crippen molar-refractivity contribution in [2.75, 3.05) is 6.61 Å². The minimum atomic E-state index is -1.50. The highest BCUT2D eigenvalue weighted by Crippen LogP contribution is 2.17. The van der Waals surface area contributed by atoms with Crippen LogP contribution >= 0.6 is 0 Å². The van der Waals surface area contributed by atoms with E-state index in [1.807, 2.05) is 6.07 Å². The van der Waals surface area contributed by atoms with E-state index < -0.39 is 18.0 Å². The molecule has 0 aliphatic carbocycles. The van der Waals surface area contributed by atoms with Gasteiger partial charge in [-0.15, -0.1) is 0 Å². The van der Waals surface area contributed by atoms with Gasteiger partial charge in [-0.2, -0.15) is 5.26 Å².